The first-order chi connectivity index (χ1) is 7.97. The molecule has 0 radical (unpaired) electrons. The Kier molecular flexibility index (Phi) is 3.54. The van der Waals surface area contributed by atoms with Crippen LogP contribution in [0.5, 0.6) is 0 Å². The summed E-state index contributed by atoms with van der Waals surface area (Å²) >= 11 is 0. The molecule has 3 nitrogen and oxygen atoms in total. The van der Waals surface area contributed by atoms with E-state index in [4.69, 9.17) is 0 Å². The fourth-order valence-electron chi connectivity index (χ4n) is 2.37. The minimum atomic E-state index is -3.13. The van der Waals surface area contributed by atoms with E-state index in [1.54, 1.807) is 6.07 Å². The van der Waals surface area contributed by atoms with Crippen LogP contribution in [-0.4, -0.2) is 27.3 Å². The van der Waals surface area contributed by atoms with Crippen LogP contribution in [0, 0.1) is 6.92 Å². The van der Waals surface area contributed by atoms with E-state index in [0.717, 1.165) is 30.5 Å². The molecule has 1 aromatic rings. The van der Waals surface area contributed by atoms with E-state index in [2.05, 4.69) is 5.32 Å². The van der Waals surface area contributed by atoms with Gasteiger partial charge in [-0.1, -0.05) is 12.1 Å². The third-order valence-corrected chi connectivity index (χ3v) is 4.43. The average molecular weight is 253 g/mol. The van der Waals surface area contributed by atoms with Crippen molar-refractivity contribution in [3.63, 3.8) is 0 Å². The molecule has 0 amide bonds. The van der Waals surface area contributed by atoms with E-state index in [9.17, 15) is 8.42 Å². The molecule has 1 heterocycles. The topological polar surface area (TPSA) is 46.2 Å². The molecule has 0 bridgehead atoms. The van der Waals surface area contributed by atoms with E-state index in [1.807, 2.05) is 19.1 Å². The second-order valence-corrected chi connectivity index (χ2v) is 6.86. The number of sulfone groups is 1. The van der Waals surface area contributed by atoms with E-state index in [0.29, 0.717) is 10.9 Å². The van der Waals surface area contributed by atoms with Crippen molar-refractivity contribution in [2.45, 2.75) is 37.1 Å². The number of hydrogen-bond acceptors (Lipinski definition) is 3. The maximum atomic E-state index is 11.8. The zero-order chi connectivity index (χ0) is 12.5. The lowest BCUT2D eigenvalue weighted by Gasteiger charge is -2.13. The van der Waals surface area contributed by atoms with E-state index < -0.39 is 9.84 Å². The van der Waals surface area contributed by atoms with Crippen LogP contribution in [-0.2, 0) is 16.3 Å². The Labute approximate surface area is 103 Å². The molecule has 1 N–H and O–H groups in total. The molecule has 1 aliphatic heterocycles. The van der Waals surface area contributed by atoms with E-state index >= 15 is 0 Å². The van der Waals surface area contributed by atoms with Crippen LogP contribution >= 0.6 is 0 Å². The van der Waals surface area contributed by atoms with E-state index in [1.165, 1.54) is 12.7 Å². The van der Waals surface area contributed by atoms with Gasteiger partial charge in [0.25, 0.3) is 0 Å². The molecule has 0 spiro atoms. The molecule has 17 heavy (non-hydrogen) atoms. The van der Waals surface area contributed by atoms with Gasteiger partial charge in [0, 0.05) is 12.3 Å². The van der Waals surface area contributed by atoms with Crippen molar-refractivity contribution >= 4 is 9.84 Å². The zero-order valence-electron chi connectivity index (χ0n) is 10.4. The number of rotatable bonds is 3. The van der Waals surface area contributed by atoms with Gasteiger partial charge in [0.05, 0.1) is 4.90 Å². The van der Waals surface area contributed by atoms with E-state index in [-0.39, 0.29) is 0 Å². The van der Waals surface area contributed by atoms with Crippen molar-refractivity contribution in [2.75, 3.05) is 12.8 Å². The van der Waals surface area contributed by atoms with Crippen molar-refractivity contribution in [3.05, 3.63) is 29.3 Å². The molecule has 1 unspecified atom stereocenters. The minimum Gasteiger partial charge on any atom is -0.314 e. The molecule has 1 saturated heterocycles. The van der Waals surface area contributed by atoms with Crippen LogP contribution in [0.25, 0.3) is 0 Å². The van der Waals surface area contributed by atoms with Gasteiger partial charge in [-0.05, 0) is 49.9 Å². The summed E-state index contributed by atoms with van der Waals surface area (Å²) in [5.41, 5.74) is 1.94. The van der Waals surface area contributed by atoms with Crippen molar-refractivity contribution in [1.82, 2.24) is 5.32 Å². The van der Waals surface area contributed by atoms with Crippen molar-refractivity contribution in [2.24, 2.45) is 0 Å². The molecule has 0 aliphatic carbocycles. The zero-order valence-corrected chi connectivity index (χ0v) is 11.2. The summed E-state index contributed by atoms with van der Waals surface area (Å²) in [7, 11) is -3.13. The monoisotopic (exact) mass is 253 g/mol. The average Bonchev–Trinajstić information content (AvgIpc) is 2.72. The molecule has 1 fully saturated rings. The molecule has 2 rings (SSSR count). The third-order valence-electron chi connectivity index (χ3n) is 3.25. The Morgan fingerprint density at radius 1 is 1.41 bits per heavy atom. The van der Waals surface area contributed by atoms with Gasteiger partial charge in [0.2, 0.25) is 0 Å². The number of hydrogen-bond donors (Lipinski definition) is 1. The highest BCUT2D eigenvalue weighted by molar-refractivity contribution is 7.90. The highest BCUT2D eigenvalue weighted by Crippen LogP contribution is 2.21. The third kappa shape index (κ3) is 3.07. The van der Waals surface area contributed by atoms with Gasteiger partial charge >= 0.3 is 0 Å². The van der Waals surface area contributed by atoms with Crippen LogP contribution in [0.2, 0.25) is 0 Å². The Morgan fingerprint density at radius 2 is 2.18 bits per heavy atom. The maximum absolute atomic E-state index is 11.8. The summed E-state index contributed by atoms with van der Waals surface area (Å²) in [6.07, 6.45) is 4.41. The van der Waals surface area contributed by atoms with Crippen LogP contribution < -0.4 is 5.32 Å². The Balaban J connectivity index is 2.32. The standard InChI is InChI=1S/C13H19NO2S/c1-10-5-6-11(9-12-4-3-7-14-12)13(8-10)17(2,15)16/h5-6,8,12,14H,3-4,7,9H2,1-2H3. The Bertz CT molecular complexity index is 502. The number of benzene rings is 1. The van der Waals surface area contributed by atoms with Crippen molar-refractivity contribution in [3.8, 4) is 0 Å². The van der Waals surface area contributed by atoms with Gasteiger partial charge in [-0.15, -0.1) is 0 Å². The van der Waals surface area contributed by atoms with Gasteiger partial charge in [-0.2, -0.15) is 0 Å². The molecule has 0 saturated carbocycles. The highest BCUT2D eigenvalue weighted by Gasteiger charge is 2.19. The molecule has 1 aliphatic rings. The lowest BCUT2D eigenvalue weighted by atomic mass is 10.0. The Hall–Kier alpha value is -0.870. The van der Waals surface area contributed by atoms with Gasteiger partial charge < -0.3 is 5.32 Å². The fourth-order valence-corrected chi connectivity index (χ4v) is 3.40. The molecule has 1 atom stereocenters. The van der Waals surface area contributed by atoms with Gasteiger partial charge in [0.1, 0.15) is 0 Å². The molecular formula is C13H19NO2S. The maximum Gasteiger partial charge on any atom is 0.175 e. The van der Waals surface area contributed by atoms with Crippen LogP contribution in [0.4, 0.5) is 0 Å². The fraction of sp³-hybridized carbons (Fsp3) is 0.538. The first kappa shape index (κ1) is 12.6. The van der Waals surface area contributed by atoms with Crippen LogP contribution in [0.3, 0.4) is 0 Å². The molecule has 0 aromatic heterocycles. The second kappa shape index (κ2) is 4.78. The summed E-state index contributed by atoms with van der Waals surface area (Å²) in [5, 5.41) is 3.40. The van der Waals surface area contributed by atoms with Gasteiger partial charge in [0.15, 0.2) is 9.84 Å². The summed E-state index contributed by atoms with van der Waals surface area (Å²) in [6.45, 7) is 2.97. The predicted octanol–water partition coefficient (Wildman–Crippen LogP) is 1.69. The molecule has 1 aromatic carbocycles. The van der Waals surface area contributed by atoms with Crippen LogP contribution in [0.1, 0.15) is 24.0 Å². The second-order valence-electron chi connectivity index (χ2n) is 4.88. The normalized spacial score (nSPS) is 20.7. The number of nitrogens with one attached hydrogen (secondary N) is 1. The summed E-state index contributed by atoms with van der Waals surface area (Å²) in [4.78, 5) is 0.492. The molecular weight excluding hydrogens is 234 g/mol. The summed E-state index contributed by atoms with van der Waals surface area (Å²) in [6, 6.07) is 6.14. The largest absolute Gasteiger partial charge is 0.314 e. The SMILES string of the molecule is Cc1ccc(CC2CCCN2)c(S(C)(=O)=O)c1. The number of aryl methyl sites for hydroxylation is 1. The van der Waals surface area contributed by atoms with Gasteiger partial charge in [-0.3, -0.25) is 0 Å². The lowest BCUT2D eigenvalue weighted by Crippen LogP contribution is -2.24. The molecule has 94 valence electrons. The van der Waals surface area contributed by atoms with Gasteiger partial charge in [-0.25, -0.2) is 8.42 Å². The van der Waals surface area contributed by atoms with Crippen molar-refractivity contribution in [1.29, 1.82) is 0 Å². The highest BCUT2D eigenvalue weighted by atomic mass is 32.2. The first-order valence-electron chi connectivity index (χ1n) is 6.00. The smallest absolute Gasteiger partial charge is 0.175 e. The van der Waals surface area contributed by atoms with Crippen LogP contribution in [0.15, 0.2) is 23.1 Å². The Morgan fingerprint density at radius 3 is 2.76 bits per heavy atom. The van der Waals surface area contributed by atoms with Crippen molar-refractivity contribution < 1.29 is 8.42 Å². The predicted molar refractivity (Wildman–Crippen MR) is 69.0 cm³/mol. The lowest BCUT2D eigenvalue weighted by molar-refractivity contribution is 0.586. The quantitative estimate of drug-likeness (QED) is 0.891. The summed E-state index contributed by atoms with van der Waals surface area (Å²) in [5.74, 6) is 0. The molecule has 4 heteroatoms. The minimum absolute atomic E-state index is 0.429. The summed E-state index contributed by atoms with van der Waals surface area (Å²) < 4.78 is 23.5. The first-order valence-corrected chi connectivity index (χ1v) is 7.89.